The second-order valence-electron chi connectivity index (χ2n) is 3.15. The molecule has 0 aliphatic carbocycles. The second-order valence-corrected chi connectivity index (χ2v) is 4.05. The summed E-state index contributed by atoms with van der Waals surface area (Å²) in [5.74, 6) is -0.155. The van der Waals surface area contributed by atoms with Crippen LogP contribution in [0.3, 0.4) is 0 Å². The maximum absolute atomic E-state index is 11.7. The van der Waals surface area contributed by atoms with Crippen LogP contribution in [0.25, 0.3) is 0 Å². The summed E-state index contributed by atoms with van der Waals surface area (Å²) in [7, 11) is 0. The maximum Gasteiger partial charge on any atom is 0.246 e. The summed E-state index contributed by atoms with van der Waals surface area (Å²) in [6, 6.07) is 0. The molecule has 0 saturated carbocycles. The normalized spacial score (nSPS) is 11.4. The molecule has 3 N–H and O–H groups in total. The van der Waals surface area contributed by atoms with Crippen LogP contribution in [-0.2, 0) is 4.79 Å². The van der Waals surface area contributed by atoms with Crippen molar-refractivity contribution >= 4 is 22.4 Å². The fourth-order valence-electron chi connectivity index (χ4n) is 1.08. The van der Waals surface area contributed by atoms with E-state index in [0.717, 1.165) is 0 Å². The lowest BCUT2D eigenvalue weighted by Gasteiger charge is -2.24. The van der Waals surface area contributed by atoms with Crippen LogP contribution in [0.15, 0.2) is 11.6 Å². The van der Waals surface area contributed by atoms with Crippen molar-refractivity contribution in [2.24, 2.45) is 5.73 Å². The first kappa shape index (κ1) is 11.1. The van der Waals surface area contributed by atoms with Crippen LogP contribution in [0.1, 0.15) is 26.7 Å². The number of hydrogen-bond donors (Lipinski definition) is 2. The topological polar surface area (TPSA) is 68.0 Å². The fraction of sp³-hybridized carbons (Fsp3) is 0.556. The van der Waals surface area contributed by atoms with Gasteiger partial charge < -0.3 is 11.1 Å². The summed E-state index contributed by atoms with van der Waals surface area (Å²) in [6.07, 6.45) is 2.90. The van der Waals surface area contributed by atoms with Gasteiger partial charge >= 0.3 is 0 Å². The summed E-state index contributed by atoms with van der Waals surface area (Å²) in [6.45, 7) is 3.82. The molecule has 1 amide bonds. The van der Waals surface area contributed by atoms with Gasteiger partial charge in [0.25, 0.3) is 0 Å². The molecule has 1 aromatic rings. The number of carbonyl (C=O) groups excluding carboxylic acids is 1. The zero-order valence-electron chi connectivity index (χ0n) is 8.41. The number of amides is 1. The number of nitrogens with zero attached hydrogens (tertiary/aromatic N) is 1. The molecule has 0 spiro atoms. The highest BCUT2D eigenvalue weighted by Crippen LogP contribution is 2.16. The summed E-state index contributed by atoms with van der Waals surface area (Å²) in [4.78, 5) is 15.7. The maximum atomic E-state index is 11.7. The standard InChI is InChI=1S/C9H15N3OS/c1-3-9(10,4-2)7(13)12-8-11-5-6-14-8/h5-6H,3-4,10H2,1-2H3,(H,11,12,13). The van der Waals surface area contributed by atoms with Gasteiger partial charge in [-0.2, -0.15) is 0 Å². The summed E-state index contributed by atoms with van der Waals surface area (Å²) in [5, 5.41) is 5.12. The molecule has 1 aromatic heterocycles. The lowest BCUT2D eigenvalue weighted by atomic mass is 9.93. The SMILES string of the molecule is CCC(N)(CC)C(=O)Nc1nccs1. The third kappa shape index (κ3) is 2.30. The molecule has 14 heavy (non-hydrogen) atoms. The minimum atomic E-state index is -0.772. The first-order chi connectivity index (χ1) is 6.62. The minimum absolute atomic E-state index is 0.155. The van der Waals surface area contributed by atoms with E-state index in [4.69, 9.17) is 5.73 Å². The van der Waals surface area contributed by atoms with E-state index >= 15 is 0 Å². The molecule has 0 aliphatic heterocycles. The molecule has 4 nitrogen and oxygen atoms in total. The first-order valence-electron chi connectivity index (χ1n) is 4.62. The Morgan fingerprint density at radius 2 is 2.29 bits per heavy atom. The van der Waals surface area contributed by atoms with Crippen molar-refractivity contribution < 1.29 is 4.79 Å². The number of anilines is 1. The second kappa shape index (κ2) is 4.52. The van der Waals surface area contributed by atoms with Gasteiger partial charge in [0.15, 0.2) is 5.13 Å². The average molecular weight is 213 g/mol. The largest absolute Gasteiger partial charge is 0.317 e. The Morgan fingerprint density at radius 3 is 2.71 bits per heavy atom. The van der Waals surface area contributed by atoms with Crippen LogP contribution in [-0.4, -0.2) is 16.4 Å². The third-order valence-electron chi connectivity index (χ3n) is 2.37. The van der Waals surface area contributed by atoms with Crippen LogP contribution in [0.2, 0.25) is 0 Å². The molecule has 0 atom stereocenters. The quantitative estimate of drug-likeness (QED) is 0.798. The molecule has 5 heteroatoms. The van der Waals surface area contributed by atoms with Crippen LogP contribution < -0.4 is 11.1 Å². The molecule has 0 unspecified atom stereocenters. The van der Waals surface area contributed by atoms with Crippen LogP contribution >= 0.6 is 11.3 Å². The monoisotopic (exact) mass is 213 g/mol. The molecular weight excluding hydrogens is 198 g/mol. The molecule has 0 radical (unpaired) electrons. The number of aromatic nitrogens is 1. The summed E-state index contributed by atoms with van der Waals surface area (Å²) < 4.78 is 0. The third-order valence-corrected chi connectivity index (χ3v) is 3.06. The predicted molar refractivity (Wildman–Crippen MR) is 58.2 cm³/mol. The number of thiazole rings is 1. The van der Waals surface area contributed by atoms with Crippen LogP contribution in [0.4, 0.5) is 5.13 Å². The molecule has 0 aliphatic rings. The van der Waals surface area contributed by atoms with E-state index < -0.39 is 5.54 Å². The lowest BCUT2D eigenvalue weighted by molar-refractivity contribution is -0.121. The van der Waals surface area contributed by atoms with E-state index in [1.54, 1.807) is 6.20 Å². The van der Waals surface area contributed by atoms with Crippen molar-refractivity contribution in [2.45, 2.75) is 32.2 Å². The van der Waals surface area contributed by atoms with Gasteiger partial charge in [-0.15, -0.1) is 11.3 Å². The van der Waals surface area contributed by atoms with Crippen molar-refractivity contribution in [3.8, 4) is 0 Å². The lowest BCUT2D eigenvalue weighted by Crippen LogP contribution is -2.50. The van der Waals surface area contributed by atoms with Crippen molar-refractivity contribution in [1.29, 1.82) is 0 Å². The Kier molecular flexibility index (Phi) is 3.60. The van der Waals surface area contributed by atoms with Crippen molar-refractivity contribution in [3.63, 3.8) is 0 Å². The number of hydrogen-bond acceptors (Lipinski definition) is 4. The fourth-order valence-corrected chi connectivity index (χ4v) is 1.60. The van der Waals surface area contributed by atoms with Gasteiger partial charge in [0.1, 0.15) is 0 Å². The Bertz CT molecular complexity index is 293. The highest BCUT2D eigenvalue weighted by molar-refractivity contribution is 7.13. The molecule has 0 bridgehead atoms. The molecule has 78 valence electrons. The molecular formula is C9H15N3OS. The number of nitrogens with one attached hydrogen (secondary N) is 1. The van der Waals surface area contributed by atoms with Gasteiger partial charge in [-0.3, -0.25) is 4.79 Å². The minimum Gasteiger partial charge on any atom is -0.317 e. The van der Waals surface area contributed by atoms with E-state index in [2.05, 4.69) is 10.3 Å². The predicted octanol–water partition coefficient (Wildman–Crippen LogP) is 1.60. The van der Waals surface area contributed by atoms with Gasteiger partial charge in [0.2, 0.25) is 5.91 Å². The molecule has 0 saturated heterocycles. The Hall–Kier alpha value is -0.940. The summed E-state index contributed by atoms with van der Waals surface area (Å²) >= 11 is 1.39. The van der Waals surface area contributed by atoms with Crippen LogP contribution in [0.5, 0.6) is 0 Å². The van der Waals surface area contributed by atoms with E-state index in [-0.39, 0.29) is 5.91 Å². The van der Waals surface area contributed by atoms with Crippen LogP contribution in [0, 0.1) is 0 Å². The highest BCUT2D eigenvalue weighted by atomic mass is 32.1. The van der Waals surface area contributed by atoms with Gasteiger partial charge in [-0.05, 0) is 12.8 Å². The van der Waals surface area contributed by atoms with Crippen molar-refractivity contribution in [2.75, 3.05) is 5.32 Å². The van der Waals surface area contributed by atoms with Gasteiger partial charge in [-0.1, -0.05) is 13.8 Å². The van der Waals surface area contributed by atoms with E-state index in [0.29, 0.717) is 18.0 Å². The molecule has 0 fully saturated rings. The Balaban J connectivity index is 2.66. The zero-order valence-corrected chi connectivity index (χ0v) is 9.23. The number of nitrogens with two attached hydrogens (primary N) is 1. The molecule has 0 aromatic carbocycles. The van der Waals surface area contributed by atoms with Crippen molar-refractivity contribution in [1.82, 2.24) is 4.98 Å². The van der Waals surface area contributed by atoms with E-state index in [1.165, 1.54) is 11.3 Å². The molecule has 1 heterocycles. The van der Waals surface area contributed by atoms with E-state index in [1.807, 2.05) is 19.2 Å². The highest BCUT2D eigenvalue weighted by Gasteiger charge is 2.30. The van der Waals surface area contributed by atoms with Gasteiger partial charge in [-0.25, -0.2) is 4.98 Å². The van der Waals surface area contributed by atoms with Crippen molar-refractivity contribution in [3.05, 3.63) is 11.6 Å². The number of rotatable bonds is 4. The Morgan fingerprint density at radius 1 is 1.64 bits per heavy atom. The zero-order chi connectivity index (χ0) is 10.6. The van der Waals surface area contributed by atoms with E-state index in [9.17, 15) is 4.79 Å². The summed E-state index contributed by atoms with van der Waals surface area (Å²) in [5.41, 5.74) is 5.15. The molecule has 1 rings (SSSR count). The smallest absolute Gasteiger partial charge is 0.246 e. The number of carbonyl (C=O) groups is 1. The first-order valence-corrected chi connectivity index (χ1v) is 5.50. The van der Waals surface area contributed by atoms with Gasteiger partial charge in [0.05, 0.1) is 5.54 Å². The Labute approximate surface area is 87.5 Å². The average Bonchev–Trinajstić information content (AvgIpc) is 2.69. The van der Waals surface area contributed by atoms with Gasteiger partial charge in [0, 0.05) is 11.6 Å².